The van der Waals surface area contributed by atoms with Crippen molar-refractivity contribution in [3.05, 3.63) is 42.5 Å². The number of ether oxygens (including phenoxy) is 2. The van der Waals surface area contributed by atoms with Crippen molar-refractivity contribution >= 4 is 5.96 Å². The van der Waals surface area contributed by atoms with Gasteiger partial charge in [-0.2, -0.15) is 5.10 Å². The van der Waals surface area contributed by atoms with E-state index >= 15 is 0 Å². The molecule has 2 aromatic rings. The molecule has 1 aromatic heterocycles. The topological polar surface area (TPSA) is 85.6 Å². The van der Waals surface area contributed by atoms with E-state index in [1.54, 1.807) is 18.1 Å². The lowest BCUT2D eigenvalue weighted by molar-refractivity contribution is 0.0203. The Morgan fingerprint density at radius 2 is 2.07 bits per heavy atom. The molecule has 3 rings (SSSR count). The lowest BCUT2D eigenvalue weighted by Crippen LogP contribution is -2.37. The van der Waals surface area contributed by atoms with Crippen molar-refractivity contribution in [2.24, 2.45) is 10.9 Å². The average Bonchev–Trinajstić information content (AvgIpc) is 3.29. The summed E-state index contributed by atoms with van der Waals surface area (Å²) in [5, 5.41) is 10.8. The second kappa shape index (κ2) is 11.4. The van der Waals surface area contributed by atoms with Crippen LogP contribution in [0.4, 0.5) is 0 Å². The SMILES string of the molecule is CN=C(NCCCOCC1CCOCC1)NCc1ccc(-n2cncn2)cc1. The molecule has 0 unspecified atom stereocenters. The number of nitrogens with zero attached hydrogens (tertiary/aromatic N) is 4. The van der Waals surface area contributed by atoms with E-state index in [-0.39, 0.29) is 0 Å². The lowest BCUT2D eigenvalue weighted by Gasteiger charge is -2.21. The van der Waals surface area contributed by atoms with Crippen molar-refractivity contribution < 1.29 is 9.47 Å². The molecule has 0 spiro atoms. The van der Waals surface area contributed by atoms with Gasteiger partial charge in [0.15, 0.2) is 5.96 Å². The summed E-state index contributed by atoms with van der Waals surface area (Å²) in [6.45, 7) is 4.91. The molecule has 152 valence electrons. The van der Waals surface area contributed by atoms with Crippen molar-refractivity contribution in [3.8, 4) is 5.69 Å². The minimum absolute atomic E-state index is 0.659. The van der Waals surface area contributed by atoms with E-state index in [0.717, 1.165) is 63.9 Å². The quantitative estimate of drug-likeness (QED) is 0.388. The molecule has 1 aromatic carbocycles. The van der Waals surface area contributed by atoms with Crippen LogP contribution >= 0.6 is 0 Å². The molecule has 1 aliphatic rings. The van der Waals surface area contributed by atoms with Crippen molar-refractivity contribution in [2.45, 2.75) is 25.8 Å². The van der Waals surface area contributed by atoms with Crippen LogP contribution in [-0.4, -0.2) is 60.7 Å². The Labute approximate surface area is 166 Å². The maximum absolute atomic E-state index is 5.79. The number of aromatic nitrogens is 3. The molecule has 0 aliphatic carbocycles. The van der Waals surface area contributed by atoms with Gasteiger partial charge in [-0.3, -0.25) is 4.99 Å². The van der Waals surface area contributed by atoms with Gasteiger partial charge in [0.2, 0.25) is 0 Å². The maximum atomic E-state index is 5.79. The molecule has 0 saturated carbocycles. The molecule has 0 bridgehead atoms. The van der Waals surface area contributed by atoms with Gasteiger partial charge in [0.05, 0.1) is 5.69 Å². The summed E-state index contributed by atoms with van der Waals surface area (Å²) < 4.78 is 12.9. The first-order valence-corrected chi connectivity index (χ1v) is 9.89. The van der Waals surface area contributed by atoms with Gasteiger partial charge in [0.25, 0.3) is 0 Å². The molecule has 1 aliphatic heterocycles. The lowest BCUT2D eigenvalue weighted by atomic mass is 10.0. The predicted octanol–water partition coefficient (Wildman–Crippen LogP) is 1.77. The predicted molar refractivity (Wildman–Crippen MR) is 109 cm³/mol. The number of hydrogen-bond acceptors (Lipinski definition) is 5. The van der Waals surface area contributed by atoms with E-state index in [1.807, 2.05) is 12.1 Å². The zero-order valence-electron chi connectivity index (χ0n) is 16.5. The third-order valence-corrected chi connectivity index (χ3v) is 4.76. The highest BCUT2D eigenvalue weighted by atomic mass is 16.5. The van der Waals surface area contributed by atoms with Crippen LogP contribution in [-0.2, 0) is 16.0 Å². The molecule has 8 nitrogen and oxygen atoms in total. The van der Waals surface area contributed by atoms with Crippen LogP contribution in [0, 0.1) is 5.92 Å². The first-order valence-electron chi connectivity index (χ1n) is 9.89. The molecule has 28 heavy (non-hydrogen) atoms. The smallest absolute Gasteiger partial charge is 0.191 e. The molecule has 1 fully saturated rings. The number of rotatable bonds is 9. The molecule has 2 heterocycles. The van der Waals surface area contributed by atoms with E-state index in [1.165, 1.54) is 11.9 Å². The molecule has 2 N–H and O–H groups in total. The van der Waals surface area contributed by atoms with Gasteiger partial charge in [0, 0.05) is 46.6 Å². The third-order valence-electron chi connectivity index (χ3n) is 4.76. The molecule has 8 heteroatoms. The number of hydrogen-bond donors (Lipinski definition) is 2. The van der Waals surface area contributed by atoms with Crippen molar-refractivity contribution in [1.29, 1.82) is 0 Å². The first kappa shape index (κ1) is 20.3. The van der Waals surface area contributed by atoms with Crippen LogP contribution in [0.25, 0.3) is 5.69 Å². The zero-order chi connectivity index (χ0) is 19.4. The van der Waals surface area contributed by atoms with Crippen molar-refractivity contribution in [2.75, 3.05) is 40.0 Å². The fourth-order valence-electron chi connectivity index (χ4n) is 3.06. The van der Waals surface area contributed by atoms with E-state index in [0.29, 0.717) is 12.5 Å². The standard InChI is InChI=1S/C20H30N6O2/c1-21-20(23-9-2-10-28-14-18-7-11-27-12-8-18)24-13-17-3-5-19(6-4-17)26-16-22-15-25-26/h3-6,15-16,18H,2,7-14H2,1H3,(H2,21,23,24). The summed E-state index contributed by atoms with van der Waals surface area (Å²) in [6.07, 6.45) is 6.41. The highest BCUT2D eigenvalue weighted by Gasteiger charge is 2.13. The molecule has 1 saturated heterocycles. The monoisotopic (exact) mass is 386 g/mol. The highest BCUT2D eigenvalue weighted by molar-refractivity contribution is 5.79. The van der Waals surface area contributed by atoms with E-state index in [9.17, 15) is 0 Å². The van der Waals surface area contributed by atoms with Gasteiger partial charge in [-0.15, -0.1) is 0 Å². The maximum Gasteiger partial charge on any atom is 0.191 e. The van der Waals surface area contributed by atoms with E-state index in [4.69, 9.17) is 9.47 Å². The Hall–Kier alpha value is -2.45. The van der Waals surface area contributed by atoms with Crippen LogP contribution in [0.2, 0.25) is 0 Å². The fourth-order valence-corrected chi connectivity index (χ4v) is 3.06. The second-order valence-corrected chi connectivity index (χ2v) is 6.84. The van der Waals surface area contributed by atoms with Gasteiger partial charge in [-0.25, -0.2) is 9.67 Å². The van der Waals surface area contributed by atoms with E-state index in [2.05, 4.69) is 37.8 Å². The minimum Gasteiger partial charge on any atom is -0.381 e. The molecule has 0 atom stereocenters. The average molecular weight is 386 g/mol. The Balaban J connectivity index is 1.29. The normalized spacial score (nSPS) is 15.5. The minimum atomic E-state index is 0.659. The van der Waals surface area contributed by atoms with Gasteiger partial charge < -0.3 is 20.1 Å². The molecular weight excluding hydrogens is 356 g/mol. The van der Waals surface area contributed by atoms with Gasteiger partial charge in [-0.1, -0.05) is 12.1 Å². The Morgan fingerprint density at radius 1 is 1.25 bits per heavy atom. The van der Waals surface area contributed by atoms with Crippen LogP contribution in [0.3, 0.4) is 0 Å². The summed E-state index contributed by atoms with van der Waals surface area (Å²) in [5.41, 5.74) is 2.16. The summed E-state index contributed by atoms with van der Waals surface area (Å²) in [4.78, 5) is 8.23. The first-order chi connectivity index (χ1) is 13.8. The van der Waals surface area contributed by atoms with E-state index < -0.39 is 0 Å². The third kappa shape index (κ3) is 6.61. The Kier molecular flexibility index (Phi) is 8.26. The van der Waals surface area contributed by atoms with Crippen LogP contribution < -0.4 is 10.6 Å². The van der Waals surface area contributed by atoms with Crippen LogP contribution in [0.1, 0.15) is 24.8 Å². The molecular formula is C20H30N6O2. The Bertz CT molecular complexity index is 696. The fraction of sp³-hybridized carbons (Fsp3) is 0.550. The second-order valence-electron chi connectivity index (χ2n) is 6.84. The van der Waals surface area contributed by atoms with Gasteiger partial charge >= 0.3 is 0 Å². The number of benzene rings is 1. The summed E-state index contributed by atoms with van der Waals surface area (Å²) in [5.74, 6) is 1.46. The van der Waals surface area contributed by atoms with Crippen molar-refractivity contribution in [1.82, 2.24) is 25.4 Å². The summed E-state index contributed by atoms with van der Waals surface area (Å²) in [7, 11) is 1.78. The number of aliphatic imine (C=N–C) groups is 1. The largest absolute Gasteiger partial charge is 0.381 e. The molecule has 0 radical (unpaired) electrons. The van der Waals surface area contributed by atoms with Crippen molar-refractivity contribution in [3.63, 3.8) is 0 Å². The summed E-state index contributed by atoms with van der Waals surface area (Å²) in [6, 6.07) is 8.19. The zero-order valence-corrected chi connectivity index (χ0v) is 16.5. The number of nitrogens with one attached hydrogen (secondary N) is 2. The highest BCUT2D eigenvalue weighted by Crippen LogP contribution is 2.14. The van der Waals surface area contributed by atoms with Crippen LogP contribution in [0.15, 0.2) is 41.9 Å². The summed E-state index contributed by atoms with van der Waals surface area (Å²) >= 11 is 0. The number of guanidine groups is 1. The Morgan fingerprint density at radius 3 is 2.79 bits per heavy atom. The van der Waals surface area contributed by atoms with Crippen LogP contribution in [0.5, 0.6) is 0 Å². The van der Waals surface area contributed by atoms with Gasteiger partial charge in [-0.05, 0) is 42.9 Å². The van der Waals surface area contributed by atoms with Gasteiger partial charge in [0.1, 0.15) is 12.7 Å². The molecule has 0 amide bonds.